The summed E-state index contributed by atoms with van der Waals surface area (Å²) in [6.45, 7) is 2.94. The van der Waals surface area contributed by atoms with Gasteiger partial charge in [-0.05, 0) is 48.2 Å². The van der Waals surface area contributed by atoms with Crippen LogP contribution < -0.4 is 11.5 Å². The molecule has 4 heteroatoms. The van der Waals surface area contributed by atoms with Gasteiger partial charge in [-0.15, -0.1) is 0 Å². The molecule has 1 aliphatic rings. The Morgan fingerprint density at radius 3 is 2.71 bits per heavy atom. The van der Waals surface area contributed by atoms with E-state index in [-0.39, 0.29) is 5.54 Å². The molecule has 1 atom stereocenters. The molecule has 3 nitrogen and oxygen atoms in total. The Balaban J connectivity index is 1.52. The second-order valence-electron chi connectivity index (χ2n) is 6.55. The molecule has 1 heterocycles. The van der Waals surface area contributed by atoms with Crippen molar-refractivity contribution in [3.63, 3.8) is 0 Å². The zero-order chi connectivity index (χ0) is 17.0. The van der Waals surface area contributed by atoms with Gasteiger partial charge in [-0.25, -0.2) is 0 Å². The van der Waals surface area contributed by atoms with Gasteiger partial charge in [0.05, 0.1) is 5.54 Å². The van der Waals surface area contributed by atoms with Crippen LogP contribution >= 0.6 is 11.6 Å². The van der Waals surface area contributed by atoms with Crippen LogP contribution in [0.5, 0.6) is 0 Å². The quantitative estimate of drug-likeness (QED) is 0.811. The number of anilines is 1. The van der Waals surface area contributed by atoms with Gasteiger partial charge in [-0.2, -0.15) is 0 Å². The molecule has 2 aromatic rings. The third-order valence-corrected chi connectivity index (χ3v) is 4.88. The second kappa shape index (κ2) is 7.39. The predicted molar refractivity (Wildman–Crippen MR) is 103 cm³/mol. The molecule has 1 unspecified atom stereocenters. The number of halogens is 1. The average Bonchev–Trinajstić information content (AvgIpc) is 2.95. The van der Waals surface area contributed by atoms with E-state index in [1.807, 2.05) is 42.5 Å². The third kappa shape index (κ3) is 4.18. The van der Waals surface area contributed by atoms with Gasteiger partial charge < -0.3 is 16.4 Å². The first-order valence-corrected chi connectivity index (χ1v) is 8.72. The highest BCUT2D eigenvalue weighted by Crippen LogP contribution is 2.30. The standard InChI is InChI=1S/C20H24ClN3/c21-18-9-7-17(8-10-18)20(23)11-13-24(15-20)12-2-1-4-16-5-3-6-19(22)14-16/h1,3-10,14H,2,11-13,15,22-23H2/b4-1+. The summed E-state index contributed by atoms with van der Waals surface area (Å²) in [5.74, 6) is 0. The molecule has 1 fully saturated rings. The van der Waals surface area contributed by atoms with Crippen LogP contribution in [-0.4, -0.2) is 24.5 Å². The Bertz CT molecular complexity index is 711. The number of nitrogens with two attached hydrogens (primary N) is 2. The lowest BCUT2D eigenvalue weighted by Gasteiger charge is -2.25. The lowest BCUT2D eigenvalue weighted by Crippen LogP contribution is -2.39. The molecule has 0 aromatic heterocycles. The van der Waals surface area contributed by atoms with Crippen LogP contribution in [0.15, 0.2) is 54.6 Å². The molecular weight excluding hydrogens is 318 g/mol. The Morgan fingerprint density at radius 1 is 1.17 bits per heavy atom. The molecule has 3 rings (SSSR count). The third-order valence-electron chi connectivity index (χ3n) is 4.63. The van der Waals surface area contributed by atoms with Crippen LogP contribution in [-0.2, 0) is 5.54 Å². The Hall–Kier alpha value is -1.81. The molecule has 1 saturated heterocycles. The van der Waals surface area contributed by atoms with Crippen molar-refractivity contribution in [1.29, 1.82) is 0 Å². The monoisotopic (exact) mass is 341 g/mol. The largest absolute Gasteiger partial charge is 0.399 e. The number of likely N-dealkylation sites (tertiary alicyclic amines) is 1. The van der Waals surface area contributed by atoms with E-state index in [1.54, 1.807) is 0 Å². The summed E-state index contributed by atoms with van der Waals surface area (Å²) in [4.78, 5) is 2.43. The molecule has 0 spiro atoms. The highest BCUT2D eigenvalue weighted by molar-refractivity contribution is 6.30. The van der Waals surface area contributed by atoms with Gasteiger partial charge in [0.15, 0.2) is 0 Å². The fraction of sp³-hybridized carbons (Fsp3) is 0.300. The number of nitrogen functional groups attached to an aromatic ring is 1. The molecule has 1 aliphatic heterocycles. The Labute approximate surface area is 148 Å². The van der Waals surface area contributed by atoms with Crippen molar-refractivity contribution in [3.8, 4) is 0 Å². The van der Waals surface area contributed by atoms with E-state index in [4.69, 9.17) is 23.1 Å². The van der Waals surface area contributed by atoms with E-state index < -0.39 is 0 Å². The SMILES string of the molecule is Nc1cccc(/C=C/CCN2CCC(N)(c3ccc(Cl)cc3)C2)c1. The van der Waals surface area contributed by atoms with E-state index in [1.165, 1.54) is 5.56 Å². The Morgan fingerprint density at radius 2 is 1.96 bits per heavy atom. The van der Waals surface area contributed by atoms with Gasteiger partial charge in [0.2, 0.25) is 0 Å². The molecule has 126 valence electrons. The van der Waals surface area contributed by atoms with E-state index in [0.717, 1.165) is 48.7 Å². The fourth-order valence-corrected chi connectivity index (χ4v) is 3.39. The molecule has 0 saturated carbocycles. The van der Waals surface area contributed by atoms with Gasteiger partial charge in [0, 0.05) is 30.3 Å². The number of hydrogen-bond acceptors (Lipinski definition) is 3. The second-order valence-corrected chi connectivity index (χ2v) is 6.99. The van der Waals surface area contributed by atoms with Gasteiger partial charge in [-0.1, -0.05) is 48.0 Å². The molecule has 24 heavy (non-hydrogen) atoms. The highest BCUT2D eigenvalue weighted by Gasteiger charge is 2.35. The van der Waals surface area contributed by atoms with E-state index in [0.29, 0.717) is 0 Å². The van der Waals surface area contributed by atoms with Crippen LogP contribution in [0.3, 0.4) is 0 Å². The zero-order valence-corrected chi connectivity index (χ0v) is 14.5. The van der Waals surface area contributed by atoms with Gasteiger partial charge in [0.1, 0.15) is 0 Å². The van der Waals surface area contributed by atoms with Crippen molar-refractivity contribution in [2.75, 3.05) is 25.4 Å². The predicted octanol–water partition coefficient (Wildman–Crippen LogP) is 3.89. The summed E-state index contributed by atoms with van der Waals surface area (Å²) < 4.78 is 0. The molecule has 0 aliphatic carbocycles. The topological polar surface area (TPSA) is 55.3 Å². The summed E-state index contributed by atoms with van der Waals surface area (Å²) in [5, 5.41) is 0.754. The lowest BCUT2D eigenvalue weighted by molar-refractivity contribution is 0.318. The molecule has 0 radical (unpaired) electrons. The maximum absolute atomic E-state index is 6.62. The average molecular weight is 342 g/mol. The minimum Gasteiger partial charge on any atom is -0.399 e. The van der Waals surface area contributed by atoms with Crippen molar-refractivity contribution in [3.05, 3.63) is 70.8 Å². The zero-order valence-electron chi connectivity index (χ0n) is 13.8. The lowest BCUT2D eigenvalue weighted by atomic mass is 9.90. The number of rotatable bonds is 5. The fourth-order valence-electron chi connectivity index (χ4n) is 3.26. The first-order chi connectivity index (χ1) is 11.5. The van der Waals surface area contributed by atoms with Crippen LogP contribution in [0.4, 0.5) is 5.69 Å². The summed E-state index contributed by atoms with van der Waals surface area (Å²) >= 11 is 5.97. The molecule has 0 amide bonds. The van der Waals surface area contributed by atoms with Crippen LogP contribution in [0.2, 0.25) is 5.02 Å². The minimum atomic E-state index is -0.262. The normalized spacial score (nSPS) is 21.6. The number of hydrogen-bond donors (Lipinski definition) is 2. The van der Waals surface area contributed by atoms with Crippen molar-refractivity contribution < 1.29 is 0 Å². The van der Waals surface area contributed by atoms with Crippen LogP contribution in [0.1, 0.15) is 24.0 Å². The Kier molecular flexibility index (Phi) is 5.24. The summed E-state index contributed by atoms with van der Waals surface area (Å²) in [5.41, 5.74) is 15.3. The highest BCUT2D eigenvalue weighted by atomic mass is 35.5. The number of nitrogens with zero attached hydrogens (tertiary/aromatic N) is 1. The molecule has 2 aromatic carbocycles. The smallest absolute Gasteiger partial charge is 0.0550 e. The summed E-state index contributed by atoms with van der Waals surface area (Å²) in [7, 11) is 0. The van der Waals surface area contributed by atoms with E-state index in [2.05, 4.69) is 23.1 Å². The van der Waals surface area contributed by atoms with E-state index >= 15 is 0 Å². The van der Waals surface area contributed by atoms with Crippen LogP contribution in [0, 0.1) is 0 Å². The molecular formula is C20H24ClN3. The molecule has 4 N–H and O–H groups in total. The molecule has 0 bridgehead atoms. The van der Waals surface area contributed by atoms with Crippen molar-refractivity contribution in [2.45, 2.75) is 18.4 Å². The van der Waals surface area contributed by atoms with Crippen molar-refractivity contribution in [2.24, 2.45) is 5.73 Å². The van der Waals surface area contributed by atoms with Gasteiger partial charge in [0.25, 0.3) is 0 Å². The first-order valence-electron chi connectivity index (χ1n) is 8.35. The van der Waals surface area contributed by atoms with Crippen LogP contribution in [0.25, 0.3) is 6.08 Å². The minimum absolute atomic E-state index is 0.262. The first kappa shape index (κ1) is 17.0. The van der Waals surface area contributed by atoms with Crippen molar-refractivity contribution >= 4 is 23.4 Å². The number of benzene rings is 2. The van der Waals surface area contributed by atoms with Gasteiger partial charge in [-0.3, -0.25) is 0 Å². The maximum Gasteiger partial charge on any atom is 0.0550 e. The van der Waals surface area contributed by atoms with E-state index in [9.17, 15) is 0 Å². The maximum atomic E-state index is 6.62. The van der Waals surface area contributed by atoms with Crippen molar-refractivity contribution in [1.82, 2.24) is 4.90 Å². The van der Waals surface area contributed by atoms with Gasteiger partial charge >= 0.3 is 0 Å². The summed E-state index contributed by atoms with van der Waals surface area (Å²) in [6, 6.07) is 15.9. The summed E-state index contributed by atoms with van der Waals surface area (Å²) in [6.07, 6.45) is 6.31.